The van der Waals surface area contributed by atoms with E-state index in [1.165, 1.54) is 7.11 Å². The molecule has 1 saturated heterocycles. The van der Waals surface area contributed by atoms with Crippen LogP contribution in [0.3, 0.4) is 0 Å². The summed E-state index contributed by atoms with van der Waals surface area (Å²) in [5, 5.41) is 0. The van der Waals surface area contributed by atoms with Gasteiger partial charge < -0.3 is 14.5 Å². The van der Waals surface area contributed by atoms with Crippen LogP contribution in [-0.2, 0) is 20.7 Å². The van der Waals surface area contributed by atoms with Crippen molar-refractivity contribution in [1.29, 1.82) is 0 Å². The molecule has 0 unspecified atom stereocenters. The molecule has 1 aromatic rings. The molecule has 0 radical (unpaired) electrons. The van der Waals surface area contributed by atoms with Gasteiger partial charge in [0.05, 0.1) is 12.7 Å². The number of ether oxygens (including phenoxy) is 1. The molecular weight excluding hydrogens is 308 g/mol. The predicted octanol–water partition coefficient (Wildman–Crippen LogP) is 1.76. The van der Waals surface area contributed by atoms with Crippen LogP contribution in [0.5, 0.6) is 0 Å². The van der Waals surface area contributed by atoms with Gasteiger partial charge in [-0.25, -0.2) is 4.79 Å². The van der Waals surface area contributed by atoms with Crippen LogP contribution >= 0.6 is 0 Å². The molecule has 6 heteroatoms. The Balaban J connectivity index is 1.72. The number of hydrogen-bond donors (Lipinski definition) is 0. The smallest absolute Gasteiger partial charge is 0.337 e. The lowest BCUT2D eigenvalue weighted by Crippen LogP contribution is -2.42. The molecule has 0 bridgehead atoms. The van der Waals surface area contributed by atoms with Crippen LogP contribution in [0.25, 0.3) is 0 Å². The number of nitrogens with zero attached hydrogens (tertiary/aromatic N) is 2. The van der Waals surface area contributed by atoms with Gasteiger partial charge in [0.2, 0.25) is 11.8 Å². The Bertz CT molecular complexity index is 671. The topological polar surface area (TPSA) is 66.9 Å². The average Bonchev–Trinajstić information content (AvgIpc) is 2.92. The summed E-state index contributed by atoms with van der Waals surface area (Å²) in [4.78, 5) is 39.7. The first-order valence-electron chi connectivity index (χ1n) is 8.39. The third kappa shape index (κ3) is 3.27. The Labute approximate surface area is 141 Å². The summed E-state index contributed by atoms with van der Waals surface area (Å²) >= 11 is 0. The van der Waals surface area contributed by atoms with Crippen molar-refractivity contribution in [3.8, 4) is 0 Å². The Morgan fingerprint density at radius 1 is 1.12 bits per heavy atom. The van der Waals surface area contributed by atoms with Crippen LogP contribution in [0.4, 0.5) is 5.69 Å². The molecule has 2 aliphatic heterocycles. The van der Waals surface area contributed by atoms with Crippen molar-refractivity contribution < 1.29 is 19.1 Å². The fourth-order valence-corrected chi connectivity index (χ4v) is 3.36. The number of benzene rings is 1. The second kappa shape index (κ2) is 7.03. The van der Waals surface area contributed by atoms with Gasteiger partial charge in [-0.2, -0.15) is 0 Å². The first kappa shape index (κ1) is 16.5. The Kier molecular flexibility index (Phi) is 4.83. The second-order valence-electron chi connectivity index (χ2n) is 6.26. The zero-order chi connectivity index (χ0) is 17.1. The summed E-state index contributed by atoms with van der Waals surface area (Å²) in [5.41, 5.74) is 2.29. The van der Waals surface area contributed by atoms with Crippen molar-refractivity contribution in [1.82, 2.24) is 4.90 Å². The van der Waals surface area contributed by atoms with Gasteiger partial charge in [-0.15, -0.1) is 0 Å². The van der Waals surface area contributed by atoms with E-state index in [1.807, 2.05) is 0 Å². The van der Waals surface area contributed by atoms with E-state index in [0.717, 1.165) is 30.5 Å². The maximum absolute atomic E-state index is 12.6. The van der Waals surface area contributed by atoms with E-state index in [9.17, 15) is 14.4 Å². The Hall–Kier alpha value is -2.37. The first-order chi connectivity index (χ1) is 11.6. The summed E-state index contributed by atoms with van der Waals surface area (Å²) in [6.07, 6.45) is 4.15. The number of carbonyl (C=O) groups excluding carboxylic acids is 3. The van der Waals surface area contributed by atoms with E-state index in [4.69, 9.17) is 4.74 Å². The molecule has 0 spiro atoms. The molecule has 6 nitrogen and oxygen atoms in total. The van der Waals surface area contributed by atoms with Crippen molar-refractivity contribution >= 4 is 23.5 Å². The van der Waals surface area contributed by atoms with E-state index in [2.05, 4.69) is 0 Å². The minimum absolute atomic E-state index is 0.0604. The Morgan fingerprint density at radius 2 is 1.96 bits per heavy atom. The normalized spacial score (nSPS) is 17.5. The summed E-state index contributed by atoms with van der Waals surface area (Å²) < 4.78 is 4.73. The highest BCUT2D eigenvalue weighted by Gasteiger charge is 2.28. The molecular formula is C18H22N2O4. The second-order valence-corrected chi connectivity index (χ2v) is 6.26. The van der Waals surface area contributed by atoms with Crippen molar-refractivity contribution in [2.24, 2.45) is 0 Å². The number of hydrogen-bond acceptors (Lipinski definition) is 4. The number of esters is 1. The standard InChI is InChI=1S/C18H22N2O4/c1-24-18(23)14-6-7-15-13(11-14)8-10-20(15)17(22)12-19-9-4-2-3-5-16(19)21/h6-7,11H,2-5,8-10,12H2,1H3. The van der Waals surface area contributed by atoms with Gasteiger partial charge in [0, 0.05) is 25.2 Å². The first-order valence-corrected chi connectivity index (χ1v) is 8.39. The third-order valence-electron chi connectivity index (χ3n) is 4.69. The number of methoxy groups -OCH3 is 1. The molecule has 1 aromatic carbocycles. The lowest BCUT2D eigenvalue weighted by atomic mass is 10.1. The monoisotopic (exact) mass is 330 g/mol. The van der Waals surface area contributed by atoms with Crippen molar-refractivity contribution in [2.45, 2.75) is 32.1 Å². The van der Waals surface area contributed by atoms with Crippen molar-refractivity contribution in [3.63, 3.8) is 0 Å². The molecule has 2 amide bonds. The summed E-state index contributed by atoms with van der Waals surface area (Å²) in [7, 11) is 1.35. The zero-order valence-corrected chi connectivity index (χ0v) is 13.9. The number of anilines is 1. The van der Waals surface area contributed by atoms with Gasteiger partial charge >= 0.3 is 5.97 Å². The van der Waals surface area contributed by atoms with Gasteiger partial charge in [0.25, 0.3) is 0 Å². The molecule has 2 heterocycles. The van der Waals surface area contributed by atoms with Crippen molar-refractivity contribution in [2.75, 3.05) is 31.6 Å². The van der Waals surface area contributed by atoms with Crippen LogP contribution in [0.1, 0.15) is 41.6 Å². The highest BCUT2D eigenvalue weighted by atomic mass is 16.5. The quantitative estimate of drug-likeness (QED) is 0.792. The van der Waals surface area contributed by atoms with Gasteiger partial charge in [0.1, 0.15) is 6.54 Å². The predicted molar refractivity (Wildman–Crippen MR) is 88.9 cm³/mol. The highest BCUT2D eigenvalue weighted by Crippen LogP contribution is 2.29. The molecule has 3 rings (SSSR count). The lowest BCUT2D eigenvalue weighted by molar-refractivity contribution is -0.134. The fourth-order valence-electron chi connectivity index (χ4n) is 3.36. The number of carbonyl (C=O) groups is 3. The maximum Gasteiger partial charge on any atom is 0.337 e. The fraction of sp³-hybridized carbons (Fsp3) is 0.500. The number of amides is 2. The van der Waals surface area contributed by atoms with Gasteiger partial charge in [0.15, 0.2) is 0 Å². The van der Waals surface area contributed by atoms with Crippen LogP contribution < -0.4 is 4.90 Å². The molecule has 1 fully saturated rings. The summed E-state index contributed by atoms with van der Waals surface area (Å²) in [6.45, 7) is 1.38. The molecule has 24 heavy (non-hydrogen) atoms. The highest BCUT2D eigenvalue weighted by molar-refractivity contribution is 5.99. The zero-order valence-electron chi connectivity index (χ0n) is 13.9. The number of likely N-dealkylation sites (tertiary alicyclic amines) is 1. The molecule has 2 aliphatic rings. The molecule has 0 aromatic heterocycles. The molecule has 0 saturated carbocycles. The number of rotatable bonds is 3. The average molecular weight is 330 g/mol. The third-order valence-corrected chi connectivity index (χ3v) is 4.69. The van der Waals surface area contributed by atoms with E-state index in [-0.39, 0.29) is 24.3 Å². The molecule has 0 atom stereocenters. The Morgan fingerprint density at radius 3 is 2.75 bits per heavy atom. The van der Waals surface area contributed by atoms with Crippen LogP contribution in [0, 0.1) is 0 Å². The molecule has 0 N–H and O–H groups in total. The van der Waals surface area contributed by atoms with Gasteiger partial charge in [-0.05, 0) is 43.0 Å². The number of fused-ring (bicyclic) bond motifs is 1. The minimum atomic E-state index is -0.377. The molecule has 0 aliphatic carbocycles. The molecule has 128 valence electrons. The maximum atomic E-state index is 12.6. The van der Waals surface area contributed by atoms with E-state index >= 15 is 0 Å². The van der Waals surface area contributed by atoms with Crippen molar-refractivity contribution in [3.05, 3.63) is 29.3 Å². The summed E-state index contributed by atoms with van der Waals surface area (Å²) in [5.74, 6) is -0.367. The lowest BCUT2D eigenvalue weighted by Gasteiger charge is -2.24. The van der Waals surface area contributed by atoms with Gasteiger partial charge in [-0.3, -0.25) is 9.59 Å². The SMILES string of the molecule is COC(=O)c1ccc2c(c1)CCN2C(=O)CN1CCCCCC1=O. The summed E-state index contributed by atoms with van der Waals surface area (Å²) in [6, 6.07) is 5.25. The van der Waals surface area contributed by atoms with Crippen LogP contribution in [0.2, 0.25) is 0 Å². The van der Waals surface area contributed by atoms with Crippen LogP contribution in [-0.4, -0.2) is 49.4 Å². The van der Waals surface area contributed by atoms with E-state index in [0.29, 0.717) is 31.5 Å². The van der Waals surface area contributed by atoms with Crippen LogP contribution in [0.15, 0.2) is 18.2 Å². The van der Waals surface area contributed by atoms with Gasteiger partial charge in [-0.1, -0.05) is 6.42 Å². The minimum Gasteiger partial charge on any atom is -0.465 e. The van der Waals surface area contributed by atoms with E-state index in [1.54, 1.807) is 28.0 Å². The largest absolute Gasteiger partial charge is 0.465 e. The van der Waals surface area contributed by atoms with E-state index < -0.39 is 0 Å².